The van der Waals surface area contributed by atoms with Gasteiger partial charge in [0.1, 0.15) is 0 Å². The minimum absolute atomic E-state index is 0.0930. The van der Waals surface area contributed by atoms with E-state index in [9.17, 15) is 14.4 Å². The fourth-order valence-corrected chi connectivity index (χ4v) is 3.49. The molecule has 0 fully saturated rings. The maximum absolute atomic E-state index is 12.6. The molecule has 1 unspecified atom stereocenters. The second-order valence-electron chi connectivity index (χ2n) is 8.59. The van der Waals surface area contributed by atoms with Crippen LogP contribution in [0.1, 0.15) is 73.6 Å². The van der Waals surface area contributed by atoms with E-state index in [2.05, 4.69) is 27.7 Å². The lowest BCUT2D eigenvalue weighted by molar-refractivity contribution is -0.159. The van der Waals surface area contributed by atoms with E-state index in [4.69, 9.17) is 4.74 Å². The molecule has 0 saturated carbocycles. The molecule has 0 spiro atoms. The van der Waals surface area contributed by atoms with Crippen LogP contribution in [0.2, 0.25) is 0 Å². The van der Waals surface area contributed by atoms with E-state index in [1.54, 1.807) is 17.7 Å². The summed E-state index contributed by atoms with van der Waals surface area (Å²) < 4.78 is 8.39. The van der Waals surface area contributed by atoms with E-state index < -0.39 is 5.41 Å². The zero-order valence-corrected chi connectivity index (χ0v) is 18.5. The fourth-order valence-electron chi connectivity index (χ4n) is 3.49. The van der Waals surface area contributed by atoms with Crippen LogP contribution in [0.25, 0.3) is 0 Å². The molecule has 0 radical (unpaired) electrons. The molecule has 28 heavy (non-hydrogen) atoms. The number of esters is 1. The molecule has 1 aromatic rings. The van der Waals surface area contributed by atoms with Crippen LogP contribution >= 0.6 is 0 Å². The first-order chi connectivity index (χ1) is 13.1. The molecule has 160 valence electrons. The Morgan fingerprint density at radius 3 is 2.32 bits per heavy atom. The van der Waals surface area contributed by atoms with E-state index in [0.29, 0.717) is 25.6 Å². The van der Waals surface area contributed by atoms with E-state index in [-0.39, 0.29) is 23.1 Å². The molecule has 0 bridgehead atoms. The predicted octanol–water partition coefficient (Wildman–Crippen LogP) is 3.84. The van der Waals surface area contributed by atoms with Crippen molar-refractivity contribution in [3.8, 4) is 0 Å². The van der Waals surface area contributed by atoms with Gasteiger partial charge in [0.25, 0.3) is 5.56 Å². The Labute approximate surface area is 168 Å². The van der Waals surface area contributed by atoms with Crippen molar-refractivity contribution >= 4 is 5.97 Å². The molecule has 0 aliphatic carbocycles. The van der Waals surface area contributed by atoms with E-state index in [0.717, 1.165) is 32.1 Å². The number of ether oxygens (including phenoxy) is 1. The lowest BCUT2D eigenvalue weighted by atomic mass is 9.73. The number of aromatic nitrogens is 2. The van der Waals surface area contributed by atoms with Gasteiger partial charge in [0.2, 0.25) is 0 Å². The van der Waals surface area contributed by atoms with Crippen LogP contribution in [0.4, 0.5) is 0 Å². The summed E-state index contributed by atoms with van der Waals surface area (Å²) in [5, 5.41) is 0. The summed E-state index contributed by atoms with van der Waals surface area (Å²) in [7, 11) is 0. The third-order valence-corrected chi connectivity index (χ3v) is 5.56. The molecular weight excluding hydrogens is 356 g/mol. The standard InChI is InChI=1S/C22H38N2O4/c1-7-24-19(25)12-14-23(21(24)27)13-10-8-9-11-15-28-20(26)22(6,18(4)5)16-17(2)3/h12,14,17-18H,7-11,13,15-16H2,1-6H3. The lowest BCUT2D eigenvalue weighted by Crippen LogP contribution is -2.38. The van der Waals surface area contributed by atoms with Crippen molar-refractivity contribution in [2.75, 3.05) is 6.61 Å². The highest BCUT2D eigenvalue weighted by atomic mass is 16.5. The molecule has 1 aromatic heterocycles. The number of hydrogen-bond acceptors (Lipinski definition) is 4. The molecule has 1 rings (SSSR count). The van der Waals surface area contributed by atoms with Gasteiger partial charge in [0.05, 0.1) is 12.0 Å². The second-order valence-corrected chi connectivity index (χ2v) is 8.59. The van der Waals surface area contributed by atoms with Gasteiger partial charge in [-0.15, -0.1) is 0 Å². The number of rotatable bonds is 12. The summed E-state index contributed by atoms with van der Waals surface area (Å²) >= 11 is 0. The molecule has 0 aliphatic heterocycles. The Morgan fingerprint density at radius 1 is 1.11 bits per heavy atom. The highest BCUT2D eigenvalue weighted by molar-refractivity contribution is 5.76. The Balaban J connectivity index is 2.36. The number of nitrogens with zero attached hydrogens (tertiary/aromatic N) is 2. The number of carbonyl (C=O) groups is 1. The van der Waals surface area contributed by atoms with Crippen molar-refractivity contribution in [3.63, 3.8) is 0 Å². The van der Waals surface area contributed by atoms with Crippen molar-refractivity contribution in [3.05, 3.63) is 33.1 Å². The quantitative estimate of drug-likeness (QED) is 0.399. The lowest BCUT2D eigenvalue weighted by Gasteiger charge is -2.32. The predicted molar refractivity (Wildman–Crippen MR) is 112 cm³/mol. The number of unbranched alkanes of at least 4 members (excludes halogenated alkanes) is 3. The second kappa shape index (κ2) is 11.2. The number of carbonyl (C=O) groups excluding carboxylic acids is 1. The molecule has 1 heterocycles. The summed E-state index contributed by atoms with van der Waals surface area (Å²) in [5.41, 5.74) is -0.934. The fraction of sp³-hybridized carbons (Fsp3) is 0.773. The van der Waals surface area contributed by atoms with Crippen molar-refractivity contribution in [1.82, 2.24) is 9.13 Å². The zero-order chi connectivity index (χ0) is 21.3. The van der Waals surface area contributed by atoms with Gasteiger partial charge in [-0.2, -0.15) is 0 Å². The van der Waals surface area contributed by atoms with Gasteiger partial charge in [0, 0.05) is 25.4 Å². The summed E-state index contributed by atoms with van der Waals surface area (Å²) in [5.74, 6) is 0.599. The van der Waals surface area contributed by atoms with E-state index in [1.807, 2.05) is 6.92 Å². The molecule has 0 aromatic carbocycles. The number of aryl methyl sites for hydroxylation is 1. The Morgan fingerprint density at radius 2 is 1.75 bits per heavy atom. The van der Waals surface area contributed by atoms with Crippen LogP contribution in [0.15, 0.2) is 21.9 Å². The SMILES string of the molecule is CCn1c(=O)ccn(CCCCCCOC(=O)C(C)(CC(C)C)C(C)C)c1=O. The van der Waals surface area contributed by atoms with E-state index >= 15 is 0 Å². The smallest absolute Gasteiger partial charge is 0.330 e. The molecule has 0 amide bonds. The minimum Gasteiger partial charge on any atom is -0.465 e. The Kier molecular flexibility index (Phi) is 9.70. The van der Waals surface area contributed by atoms with Crippen LogP contribution in [0.5, 0.6) is 0 Å². The van der Waals surface area contributed by atoms with Gasteiger partial charge in [0.15, 0.2) is 0 Å². The molecule has 0 aliphatic rings. The summed E-state index contributed by atoms with van der Waals surface area (Å²) in [6.07, 6.45) is 5.97. The third kappa shape index (κ3) is 6.64. The highest BCUT2D eigenvalue weighted by Gasteiger charge is 2.38. The minimum atomic E-state index is -0.433. The monoisotopic (exact) mass is 394 g/mol. The number of hydrogen-bond donors (Lipinski definition) is 0. The summed E-state index contributed by atoms with van der Waals surface area (Å²) in [4.78, 5) is 36.3. The normalized spacial score (nSPS) is 13.7. The van der Waals surface area contributed by atoms with Crippen molar-refractivity contribution in [2.24, 2.45) is 17.3 Å². The molecule has 0 N–H and O–H groups in total. The first-order valence-corrected chi connectivity index (χ1v) is 10.6. The summed E-state index contributed by atoms with van der Waals surface area (Å²) in [6, 6.07) is 1.44. The third-order valence-electron chi connectivity index (χ3n) is 5.56. The molecular formula is C22H38N2O4. The van der Waals surface area contributed by atoms with Crippen LogP contribution < -0.4 is 11.2 Å². The van der Waals surface area contributed by atoms with Crippen LogP contribution in [-0.4, -0.2) is 21.7 Å². The average molecular weight is 395 g/mol. The van der Waals surface area contributed by atoms with Crippen LogP contribution in [-0.2, 0) is 22.6 Å². The largest absolute Gasteiger partial charge is 0.465 e. The first kappa shape index (κ1) is 24.2. The van der Waals surface area contributed by atoms with Gasteiger partial charge >= 0.3 is 11.7 Å². The maximum Gasteiger partial charge on any atom is 0.330 e. The van der Waals surface area contributed by atoms with Crippen molar-refractivity contribution in [2.45, 2.75) is 86.7 Å². The zero-order valence-electron chi connectivity index (χ0n) is 18.5. The van der Waals surface area contributed by atoms with Gasteiger partial charge in [-0.1, -0.05) is 34.1 Å². The van der Waals surface area contributed by atoms with Gasteiger partial charge in [-0.05, 0) is 51.4 Å². The van der Waals surface area contributed by atoms with Crippen LogP contribution in [0, 0.1) is 17.3 Å². The highest BCUT2D eigenvalue weighted by Crippen LogP contribution is 2.35. The maximum atomic E-state index is 12.6. The Hall–Kier alpha value is -1.85. The van der Waals surface area contributed by atoms with Gasteiger partial charge in [-0.3, -0.25) is 14.2 Å². The van der Waals surface area contributed by atoms with Crippen molar-refractivity contribution < 1.29 is 9.53 Å². The molecule has 0 saturated heterocycles. The Bertz CT molecular complexity index is 733. The van der Waals surface area contributed by atoms with Gasteiger partial charge < -0.3 is 9.30 Å². The van der Waals surface area contributed by atoms with E-state index in [1.165, 1.54) is 10.6 Å². The van der Waals surface area contributed by atoms with Crippen LogP contribution in [0.3, 0.4) is 0 Å². The topological polar surface area (TPSA) is 70.3 Å². The van der Waals surface area contributed by atoms with Crippen molar-refractivity contribution in [1.29, 1.82) is 0 Å². The summed E-state index contributed by atoms with van der Waals surface area (Å²) in [6.45, 7) is 13.6. The molecule has 6 heteroatoms. The molecule has 6 nitrogen and oxygen atoms in total. The average Bonchev–Trinajstić information content (AvgIpc) is 2.61. The first-order valence-electron chi connectivity index (χ1n) is 10.6. The molecule has 1 atom stereocenters. The van der Waals surface area contributed by atoms with Gasteiger partial charge in [-0.25, -0.2) is 4.79 Å².